The van der Waals surface area contributed by atoms with Crippen LogP contribution < -0.4 is 15.4 Å². The molecule has 188 valence electrons. The van der Waals surface area contributed by atoms with E-state index in [1.807, 2.05) is 24.3 Å². The molecule has 1 aliphatic rings. The maximum atomic E-state index is 11.5. The minimum Gasteiger partial charge on any atom is -0.481 e. The van der Waals surface area contributed by atoms with E-state index in [4.69, 9.17) is 15.1 Å². The molecule has 3 heterocycles. The fourth-order valence-corrected chi connectivity index (χ4v) is 4.64. The lowest BCUT2D eigenvalue weighted by Crippen LogP contribution is -2.26. The SMILES string of the molecule is COc1ccc(CC(CC(=O)O)Nc2cccc(CCCc3ccc4c(n3)NCCC4)c2C=N)cn1. The molecular weight excluding hydrogens is 454 g/mol. The van der Waals surface area contributed by atoms with E-state index in [9.17, 15) is 9.90 Å². The molecule has 3 aromatic rings. The molecule has 1 unspecified atom stereocenters. The zero-order valence-electron chi connectivity index (χ0n) is 20.6. The van der Waals surface area contributed by atoms with Gasteiger partial charge >= 0.3 is 5.97 Å². The zero-order chi connectivity index (χ0) is 25.3. The van der Waals surface area contributed by atoms with Crippen molar-refractivity contribution in [2.24, 2.45) is 0 Å². The Morgan fingerprint density at radius 3 is 2.89 bits per heavy atom. The Morgan fingerprint density at radius 1 is 1.25 bits per heavy atom. The number of pyridine rings is 2. The van der Waals surface area contributed by atoms with E-state index < -0.39 is 5.97 Å². The number of carboxylic acids is 1. The summed E-state index contributed by atoms with van der Waals surface area (Å²) in [6.07, 6.45) is 8.29. The molecule has 0 radical (unpaired) electrons. The summed E-state index contributed by atoms with van der Waals surface area (Å²) < 4.78 is 5.11. The first-order valence-corrected chi connectivity index (χ1v) is 12.4. The van der Waals surface area contributed by atoms with Gasteiger partial charge in [0.25, 0.3) is 0 Å². The lowest BCUT2D eigenvalue weighted by atomic mass is 9.98. The van der Waals surface area contributed by atoms with Gasteiger partial charge in [0, 0.05) is 48.0 Å². The summed E-state index contributed by atoms with van der Waals surface area (Å²) in [5.41, 5.74) is 5.90. The predicted molar refractivity (Wildman–Crippen MR) is 142 cm³/mol. The first kappa shape index (κ1) is 25.2. The maximum absolute atomic E-state index is 11.5. The number of nitrogens with one attached hydrogen (secondary N) is 3. The molecule has 0 bridgehead atoms. The van der Waals surface area contributed by atoms with Gasteiger partial charge in [0.05, 0.1) is 13.5 Å². The van der Waals surface area contributed by atoms with Crippen LogP contribution in [0, 0.1) is 5.41 Å². The van der Waals surface area contributed by atoms with E-state index >= 15 is 0 Å². The van der Waals surface area contributed by atoms with Gasteiger partial charge in [-0.2, -0.15) is 0 Å². The Labute approximate surface area is 211 Å². The van der Waals surface area contributed by atoms with Crippen LogP contribution >= 0.6 is 0 Å². The van der Waals surface area contributed by atoms with Crippen LogP contribution in [0.5, 0.6) is 5.88 Å². The van der Waals surface area contributed by atoms with Crippen molar-refractivity contribution in [2.45, 2.75) is 51.0 Å². The number of carbonyl (C=O) groups is 1. The summed E-state index contributed by atoms with van der Waals surface area (Å²) in [7, 11) is 1.56. The highest BCUT2D eigenvalue weighted by molar-refractivity contribution is 5.88. The van der Waals surface area contributed by atoms with Gasteiger partial charge in [-0.15, -0.1) is 0 Å². The highest BCUT2D eigenvalue weighted by atomic mass is 16.5. The molecule has 1 aliphatic heterocycles. The Morgan fingerprint density at radius 2 is 2.14 bits per heavy atom. The lowest BCUT2D eigenvalue weighted by Gasteiger charge is -2.21. The van der Waals surface area contributed by atoms with Gasteiger partial charge in [0.1, 0.15) is 5.82 Å². The number of aryl methyl sites for hydroxylation is 3. The molecule has 0 aliphatic carbocycles. The molecule has 1 atom stereocenters. The van der Waals surface area contributed by atoms with Crippen molar-refractivity contribution in [1.29, 1.82) is 5.41 Å². The number of ether oxygens (including phenoxy) is 1. The van der Waals surface area contributed by atoms with Crippen molar-refractivity contribution >= 4 is 23.7 Å². The van der Waals surface area contributed by atoms with Crippen molar-refractivity contribution in [2.75, 3.05) is 24.3 Å². The molecule has 36 heavy (non-hydrogen) atoms. The normalized spacial score (nSPS) is 13.2. The number of hydrogen-bond acceptors (Lipinski definition) is 7. The molecule has 2 aromatic heterocycles. The molecule has 8 nitrogen and oxygen atoms in total. The van der Waals surface area contributed by atoms with Crippen molar-refractivity contribution in [3.8, 4) is 5.88 Å². The van der Waals surface area contributed by atoms with E-state index in [0.29, 0.717) is 12.3 Å². The third kappa shape index (κ3) is 6.59. The van der Waals surface area contributed by atoms with Crippen LogP contribution in [0.1, 0.15) is 47.2 Å². The quantitative estimate of drug-likeness (QED) is 0.277. The number of aliphatic carboxylic acids is 1. The minimum atomic E-state index is -0.881. The first-order chi connectivity index (χ1) is 17.6. The lowest BCUT2D eigenvalue weighted by molar-refractivity contribution is -0.137. The Bertz CT molecular complexity index is 1200. The van der Waals surface area contributed by atoms with Crippen LogP contribution in [0.4, 0.5) is 11.5 Å². The van der Waals surface area contributed by atoms with Crippen LogP contribution in [-0.4, -0.2) is 47.0 Å². The number of benzene rings is 1. The second-order valence-corrected chi connectivity index (χ2v) is 9.07. The van der Waals surface area contributed by atoms with Gasteiger partial charge in [0.2, 0.25) is 5.88 Å². The van der Waals surface area contributed by atoms with Gasteiger partial charge in [-0.25, -0.2) is 9.97 Å². The molecule has 4 rings (SSSR count). The molecule has 4 N–H and O–H groups in total. The summed E-state index contributed by atoms with van der Waals surface area (Å²) >= 11 is 0. The molecule has 0 amide bonds. The topological polar surface area (TPSA) is 120 Å². The van der Waals surface area contributed by atoms with Crippen LogP contribution in [0.15, 0.2) is 48.7 Å². The highest BCUT2D eigenvalue weighted by Gasteiger charge is 2.17. The second-order valence-electron chi connectivity index (χ2n) is 9.07. The van der Waals surface area contributed by atoms with Gasteiger partial charge in [-0.05, 0) is 67.3 Å². The Hall–Kier alpha value is -3.94. The van der Waals surface area contributed by atoms with E-state index in [2.05, 4.69) is 27.8 Å². The van der Waals surface area contributed by atoms with Gasteiger partial charge < -0.3 is 25.9 Å². The Kier molecular flexibility index (Phi) is 8.49. The van der Waals surface area contributed by atoms with E-state index in [0.717, 1.165) is 72.5 Å². The van der Waals surface area contributed by atoms with Crippen LogP contribution in [-0.2, 0) is 30.5 Å². The molecule has 8 heteroatoms. The number of fused-ring (bicyclic) bond motifs is 1. The molecule has 0 fully saturated rings. The van der Waals surface area contributed by atoms with Crippen LogP contribution in [0.2, 0.25) is 0 Å². The zero-order valence-corrected chi connectivity index (χ0v) is 20.6. The second kappa shape index (κ2) is 12.2. The third-order valence-electron chi connectivity index (χ3n) is 6.44. The highest BCUT2D eigenvalue weighted by Crippen LogP contribution is 2.24. The number of hydrogen-bond donors (Lipinski definition) is 4. The average molecular weight is 488 g/mol. The number of methoxy groups -OCH3 is 1. The summed E-state index contributed by atoms with van der Waals surface area (Å²) in [5, 5.41) is 24.3. The maximum Gasteiger partial charge on any atom is 0.305 e. The van der Waals surface area contributed by atoms with Crippen LogP contribution in [0.3, 0.4) is 0 Å². The molecular formula is C28H33N5O3. The monoisotopic (exact) mass is 487 g/mol. The van der Waals surface area contributed by atoms with Crippen molar-refractivity contribution < 1.29 is 14.6 Å². The van der Waals surface area contributed by atoms with Crippen molar-refractivity contribution in [3.05, 3.63) is 76.6 Å². The van der Waals surface area contributed by atoms with E-state index in [-0.39, 0.29) is 12.5 Å². The molecule has 0 saturated carbocycles. The van der Waals surface area contributed by atoms with Gasteiger partial charge in [0.15, 0.2) is 0 Å². The fraction of sp³-hybridized carbons (Fsp3) is 0.357. The number of rotatable bonds is 12. The van der Waals surface area contributed by atoms with Crippen LogP contribution in [0.25, 0.3) is 0 Å². The number of aromatic nitrogens is 2. The smallest absolute Gasteiger partial charge is 0.305 e. The van der Waals surface area contributed by atoms with Gasteiger partial charge in [-0.1, -0.05) is 24.3 Å². The third-order valence-corrected chi connectivity index (χ3v) is 6.44. The van der Waals surface area contributed by atoms with E-state index in [1.165, 1.54) is 11.8 Å². The molecule has 0 saturated heterocycles. The number of anilines is 2. The average Bonchev–Trinajstić information content (AvgIpc) is 2.89. The summed E-state index contributed by atoms with van der Waals surface area (Å²) in [5.74, 6) is 0.650. The molecule has 1 aromatic carbocycles. The summed E-state index contributed by atoms with van der Waals surface area (Å²) in [6.45, 7) is 0.976. The Balaban J connectivity index is 1.43. The fourth-order valence-electron chi connectivity index (χ4n) is 4.64. The number of nitrogens with zero attached hydrogens (tertiary/aromatic N) is 2. The molecule has 0 spiro atoms. The van der Waals surface area contributed by atoms with Crippen molar-refractivity contribution in [1.82, 2.24) is 9.97 Å². The van der Waals surface area contributed by atoms with Gasteiger partial charge in [-0.3, -0.25) is 4.79 Å². The first-order valence-electron chi connectivity index (χ1n) is 12.4. The number of carboxylic acid groups (broad SMARTS) is 1. The largest absolute Gasteiger partial charge is 0.481 e. The van der Waals surface area contributed by atoms with E-state index in [1.54, 1.807) is 19.4 Å². The summed E-state index contributed by atoms with van der Waals surface area (Å²) in [4.78, 5) is 20.6. The minimum absolute atomic E-state index is 0.0499. The van der Waals surface area contributed by atoms with Crippen molar-refractivity contribution in [3.63, 3.8) is 0 Å². The summed E-state index contributed by atoms with van der Waals surface area (Å²) in [6, 6.07) is 13.5. The standard InChI is InChI=1S/C28H33N5O3/c1-36-26-13-10-19(18-31-26)15-23(16-27(34)35)32-25-9-3-6-20(24(25)17-29)5-2-8-22-12-11-21-7-4-14-30-28(21)33-22/h3,6,9-13,17-18,23,29,32H,2,4-5,7-8,14-16H2,1H3,(H,30,33)(H,34,35). The predicted octanol–water partition coefficient (Wildman–Crippen LogP) is 4.51.